The molecule has 4 aromatic rings. The number of thioether (sulfide) groups is 1. The number of carboxylic acid groups (broad SMARTS) is 1. The number of rotatable bonds is 10. The SMILES string of the molecule is CC=CC1(C(=O)O)CS[C@@H]2C(NC(=O)C(=NOC(c3ccccc3)(c3ccccc3)c3ccccc3)c3csc(N)n3)C(=O)N2C1. The van der Waals surface area contributed by atoms with Crippen molar-refractivity contribution in [1.82, 2.24) is 15.2 Å². The van der Waals surface area contributed by atoms with Crippen LogP contribution in [0.3, 0.4) is 0 Å². The van der Waals surface area contributed by atoms with Gasteiger partial charge in [0, 0.05) is 34.4 Å². The lowest BCUT2D eigenvalue weighted by atomic mass is 9.80. The van der Waals surface area contributed by atoms with Gasteiger partial charge in [-0.2, -0.15) is 0 Å². The van der Waals surface area contributed by atoms with Gasteiger partial charge in [-0.1, -0.05) is 108 Å². The zero-order chi connectivity index (χ0) is 32.3. The molecule has 3 heterocycles. The number of carbonyl (C=O) groups excluding carboxylic acids is 2. The van der Waals surface area contributed by atoms with Crippen LogP contribution in [0.15, 0.2) is 114 Å². The van der Waals surface area contributed by atoms with E-state index in [1.54, 1.807) is 24.5 Å². The van der Waals surface area contributed by atoms with Gasteiger partial charge in [0.05, 0.1) is 0 Å². The number of anilines is 1. The molecule has 1 aromatic heterocycles. The van der Waals surface area contributed by atoms with Crippen LogP contribution < -0.4 is 11.1 Å². The van der Waals surface area contributed by atoms with Crippen molar-refractivity contribution < 1.29 is 24.3 Å². The number of hydrogen-bond donors (Lipinski definition) is 3. The fraction of sp³-hybridized carbons (Fsp3) is 0.206. The number of carboxylic acids is 1. The van der Waals surface area contributed by atoms with Crippen molar-refractivity contribution in [2.24, 2.45) is 10.6 Å². The van der Waals surface area contributed by atoms with Gasteiger partial charge >= 0.3 is 5.97 Å². The summed E-state index contributed by atoms with van der Waals surface area (Å²) in [6, 6.07) is 27.9. The van der Waals surface area contributed by atoms with Crippen molar-refractivity contribution in [2.45, 2.75) is 23.9 Å². The van der Waals surface area contributed by atoms with E-state index in [4.69, 9.17) is 10.6 Å². The minimum atomic E-state index is -1.26. The number of aliphatic carboxylic acids is 1. The van der Waals surface area contributed by atoms with Crippen molar-refractivity contribution in [3.8, 4) is 0 Å². The molecule has 2 fully saturated rings. The van der Waals surface area contributed by atoms with Crippen LogP contribution in [0.2, 0.25) is 0 Å². The molecule has 0 aliphatic carbocycles. The topological polar surface area (TPSA) is 147 Å². The summed E-state index contributed by atoms with van der Waals surface area (Å²) in [7, 11) is 0. The highest BCUT2D eigenvalue weighted by atomic mass is 32.2. The first-order chi connectivity index (χ1) is 22.3. The summed E-state index contributed by atoms with van der Waals surface area (Å²) in [5.74, 6) is -1.78. The van der Waals surface area contributed by atoms with Crippen LogP contribution in [-0.4, -0.2) is 62.2 Å². The second kappa shape index (κ2) is 12.8. The molecule has 0 radical (unpaired) electrons. The molecule has 12 heteroatoms. The third-order valence-electron chi connectivity index (χ3n) is 8.10. The maximum absolute atomic E-state index is 14.0. The minimum Gasteiger partial charge on any atom is -0.481 e. The van der Waals surface area contributed by atoms with Gasteiger partial charge in [-0.15, -0.1) is 23.1 Å². The Morgan fingerprint density at radius 1 is 1.04 bits per heavy atom. The average molecular weight is 654 g/mol. The van der Waals surface area contributed by atoms with Crippen LogP contribution in [0.25, 0.3) is 0 Å². The zero-order valence-electron chi connectivity index (χ0n) is 24.8. The van der Waals surface area contributed by atoms with Gasteiger partial charge in [0.1, 0.15) is 22.5 Å². The second-order valence-corrected chi connectivity index (χ2v) is 13.0. The van der Waals surface area contributed by atoms with E-state index >= 15 is 0 Å². The van der Waals surface area contributed by atoms with Gasteiger partial charge in [-0.05, 0) is 6.92 Å². The number of amides is 2. The number of nitrogens with zero attached hydrogens (tertiary/aromatic N) is 3. The van der Waals surface area contributed by atoms with E-state index in [9.17, 15) is 19.5 Å². The summed E-state index contributed by atoms with van der Waals surface area (Å²) >= 11 is 2.46. The molecule has 6 rings (SSSR count). The molecule has 2 saturated heterocycles. The lowest BCUT2D eigenvalue weighted by molar-refractivity contribution is -0.156. The number of fused-ring (bicyclic) bond motifs is 1. The predicted molar refractivity (Wildman–Crippen MR) is 178 cm³/mol. The maximum Gasteiger partial charge on any atom is 0.316 e. The van der Waals surface area contributed by atoms with Crippen LogP contribution in [-0.2, 0) is 24.8 Å². The molecule has 46 heavy (non-hydrogen) atoms. The summed E-state index contributed by atoms with van der Waals surface area (Å²) in [5, 5.41) is 18.6. The molecule has 3 aromatic carbocycles. The standard InChI is InChI=1S/C34H31N5O5S2/c1-2-18-33(31(42)43)20-39-29(41)27(30(39)46-21-33)37-28(40)26(25-19-45-32(35)36-25)38-44-34(22-12-6-3-7-13-22,23-14-8-4-9-15-23)24-16-10-5-11-17-24/h2-19,27,30H,20-21H2,1H3,(H2,35,36)(H,37,40)(H,42,43)/t27?,30-,33?/m1/s1. The smallest absolute Gasteiger partial charge is 0.316 e. The predicted octanol–water partition coefficient (Wildman–Crippen LogP) is 4.49. The quantitative estimate of drug-likeness (QED) is 0.0746. The largest absolute Gasteiger partial charge is 0.481 e. The molecule has 2 unspecified atom stereocenters. The van der Waals surface area contributed by atoms with Crippen molar-refractivity contribution in [1.29, 1.82) is 0 Å². The van der Waals surface area contributed by atoms with Crippen LogP contribution >= 0.6 is 23.1 Å². The number of aromatic nitrogens is 1. The van der Waals surface area contributed by atoms with Crippen LogP contribution in [0.5, 0.6) is 0 Å². The first kappa shape index (κ1) is 31.1. The minimum absolute atomic E-state index is 0.0238. The van der Waals surface area contributed by atoms with Crippen LogP contribution in [0, 0.1) is 5.41 Å². The molecule has 3 atom stereocenters. The number of nitrogens with one attached hydrogen (secondary N) is 1. The number of thiazole rings is 1. The van der Waals surface area contributed by atoms with Gasteiger partial charge in [0.25, 0.3) is 5.91 Å². The Labute approximate surface area is 274 Å². The molecular formula is C34H31N5O5S2. The fourth-order valence-electron chi connectivity index (χ4n) is 5.82. The Morgan fingerprint density at radius 2 is 1.61 bits per heavy atom. The van der Waals surface area contributed by atoms with Gasteiger partial charge in [-0.3, -0.25) is 14.4 Å². The van der Waals surface area contributed by atoms with E-state index in [1.807, 2.05) is 91.0 Å². The van der Waals surface area contributed by atoms with Gasteiger partial charge in [0.15, 0.2) is 10.8 Å². The third kappa shape index (κ3) is 5.54. The summed E-state index contributed by atoms with van der Waals surface area (Å²) in [6.45, 7) is 1.77. The first-order valence-electron chi connectivity index (χ1n) is 14.5. The second-order valence-electron chi connectivity index (χ2n) is 11.0. The van der Waals surface area contributed by atoms with Crippen molar-refractivity contribution in [2.75, 3.05) is 18.0 Å². The Kier molecular flexibility index (Phi) is 8.65. The van der Waals surface area contributed by atoms with Crippen molar-refractivity contribution in [3.63, 3.8) is 0 Å². The number of carbonyl (C=O) groups is 3. The summed E-state index contributed by atoms with van der Waals surface area (Å²) < 4.78 is 0. The Balaban J connectivity index is 1.36. The molecule has 2 aliphatic heterocycles. The highest BCUT2D eigenvalue weighted by Crippen LogP contribution is 2.43. The Morgan fingerprint density at radius 3 is 2.09 bits per heavy atom. The van der Waals surface area contributed by atoms with Crippen molar-refractivity contribution >= 4 is 51.7 Å². The normalized spacial score (nSPS) is 21.4. The summed E-state index contributed by atoms with van der Waals surface area (Å²) in [6.07, 6.45) is 3.30. The molecule has 4 N–H and O–H groups in total. The van der Waals surface area contributed by atoms with E-state index in [-0.39, 0.29) is 34.7 Å². The van der Waals surface area contributed by atoms with Gasteiger partial charge in [-0.25, -0.2) is 4.98 Å². The first-order valence-corrected chi connectivity index (χ1v) is 16.5. The van der Waals surface area contributed by atoms with E-state index < -0.39 is 34.3 Å². The lowest BCUT2D eigenvalue weighted by Gasteiger charge is -2.53. The monoisotopic (exact) mass is 653 g/mol. The van der Waals surface area contributed by atoms with Crippen molar-refractivity contribution in [3.05, 3.63) is 131 Å². The third-order valence-corrected chi connectivity index (χ3v) is 10.3. The molecule has 0 bridgehead atoms. The molecule has 234 valence electrons. The maximum atomic E-state index is 14.0. The van der Waals surface area contributed by atoms with E-state index in [1.165, 1.54) is 16.7 Å². The molecule has 0 saturated carbocycles. The molecule has 10 nitrogen and oxygen atoms in total. The van der Waals surface area contributed by atoms with Crippen LogP contribution in [0.4, 0.5) is 5.13 Å². The number of hydrogen-bond acceptors (Lipinski definition) is 9. The highest BCUT2D eigenvalue weighted by molar-refractivity contribution is 8.00. The van der Waals surface area contributed by atoms with E-state index in [0.29, 0.717) is 0 Å². The number of β-lactam (4-membered cyclic amide) rings is 1. The molecular weight excluding hydrogens is 623 g/mol. The lowest BCUT2D eigenvalue weighted by Crippen LogP contribution is -2.73. The number of benzene rings is 3. The highest BCUT2D eigenvalue weighted by Gasteiger charge is 2.57. The zero-order valence-corrected chi connectivity index (χ0v) is 26.4. The summed E-state index contributed by atoms with van der Waals surface area (Å²) in [4.78, 5) is 51.7. The Bertz CT molecular complexity index is 1700. The molecule has 0 spiro atoms. The summed E-state index contributed by atoms with van der Waals surface area (Å²) in [5.41, 5.74) is 5.89. The van der Waals surface area contributed by atoms with Gasteiger partial charge in [0.2, 0.25) is 11.5 Å². The van der Waals surface area contributed by atoms with Crippen LogP contribution in [0.1, 0.15) is 29.3 Å². The number of nitrogens with two attached hydrogens (primary N) is 1. The van der Waals surface area contributed by atoms with E-state index in [2.05, 4.69) is 15.5 Å². The number of nitrogen functional groups attached to an aromatic ring is 1. The fourth-order valence-corrected chi connectivity index (χ4v) is 7.88. The number of oxime groups is 1. The van der Waals surface area contributed by atoms with Gasteiger partial charge < -0.3 is 25.9 Å². The average Bonchev–Trinajstić information content (AvgIpc) is 3.52. The van der Waals surface area contributed by atoms with E-state index in [0.717, 1.165) is 28.0 Å². The Hall–Kier alpha value is -4.94. The number of allylic oxidation sites excluding steroid dienone is 1. The molecule has 2 aliphatic rings. The molecule has 2 amide bonds.